The lowest BCUT2D eigenvalue weighted by molar-refractivity contribution is 1.00. The summed E-state index contributed by atoms with van der Waals surface area (Å²) in [5.41, 5.74) is 3.37. The number of rotatable bonds is 4. The zero-order valence-electron chi connectivity index (χ0n) is 11.2. The molecule has 0 aliphatic heterocycles. The van der Waals surface area contributed by atoms with Crippen molar-refractivity contribution in [1.82, 2.24) is 15.2 Å². The van der Waals surface area contributed by atoms with E-state index in [4.69, 9.17) is 0 Å². The average molecular weight is 292 g/mol. The highest BCUT2D eigenvalue weighted by molar-refractivity contribution is 7.98. The van der Waals surface area contributed by atoms with Crippen molar-refractivity contribution in [2.45, 2.75) is 10.8 Å². The number of nitriles is 1. The Kier molecular flexibility index (Phi) is 3.99. The van der Waals surface area contributed by atoms with Gasteiger partial charge in [0.25, 0.3) is 0 Å². The van der Waals surface area contributed by atoms with Crippen LogP contribution in [0.5, 0.6) is 0 Å². The van der Waals surface area contributed by atoms with Crippen LogP contribution in [-0.2, 0) is 5.75 Å². The molecular weight excluding hydrogens is 280 g/mol. The monoisotopic (exact) mass is 292 g/mol. The fourth-order valence-electron chi connectivity index (χ4n) is 1.98. The Morgan fingerprint density at radius 2 is 2.00 bits per heavy atom. The molecule has 1 aromatic carbocycles. The van der Waals surface area contributed by atoms with Gasteiger partial charge >= 0.3 is 0 Å². The van der Waals surface area contributed by atoms with Crippen LogP contribution < -0.4 is 0 Å². The van der Waals surface area contributed by atoms with Crippen LogP contribution in [0.15, 0.2) is 59.9 Å². The summed E-state index contributed by atoms with van der Waals surface area (Å²) in [6, 6.07) is 16.1. The first kappa shape index (κ1) is 13.4. The minimum absolute atomic E-state index is 0.573. The Balaban J connectivity index is 1.84. The van der Waals surface area contributed by atoms with Crippen LogP contribution >= 0.6 is 11.8 Å². The van der Waals surface area contributed by atoms with Crippen LogP contribution in [0.4, 0.5) is 0 Å². The summed E-state index contributed by atoms with van der Waals surface area (Å²) in [6.07, 6.45) is 3.43. The molecule has 4 nitrogen and oxygen atoms in total. The predicted molar refractivity (Wildman–Crippen MR) is 82.5 cm³/mol. The van der Waals surface area contributed by atoms with Gasteiger partial charge in [-0.25, -0.2) is 0 Å². The highest BCUT2D eigenvalue weighted by Crippen LogP contribution is 2.30. The van der Waals surface area contributed by atoms with Crippen LogP contribution in [0.25, 0.3) is 11.3 Å². The molecule has 0 saturated heterocycles. The molecular formula is C16H12N4S. The molecule has 2 heterocycles. The predicted octanol–water partition coefficient (Wildman–Crippen LogP) is 3.64. The zero-order valence-corrected chi connectivity index (χ0v) is 12.0. The summed E-state index contributed by atoms with van der Waals surface area (Å²) in [5, 5.41) is 17.3. The quantitative estimate of drug-likeness (QED) is 0.746. The van der Waals surface area contributed by atoms with Gasteiger partial charge < -0.3 is 0 Å². The van der Waals surface area contributed by atoms with Gasteiger partial charge in [-0.3, -0.25) is 10.1 Å². The number of nitrogens with zero attached hydrogens (tertiary/aromatic N) is 3. The molecule has 3 rings (SSSR count). The van der Waals surface area contributed by atoms with E-state index in [0.717, 1.165) is 22.0 Å². The van der Waals surface area contributed by atoms with Crippen LogP contribution in [0, 0.1) is 11.3 Å². The fourth-order valence-corrected chi connectivity index (χ4v) is 2.88. The molecule has 3 aromatic rings. The van der Waals surface area contributed by atoms with Gasteiger partial charge in [0.2, 0.25) is 0 Å². The van der Waals surface area contributed by atoms with E-state index in [9.17, 15) is 5.26 Å². The maximum absolute atomic E-state index is 9.40. The first-order valence-electron chi connectivity index (χ1n) is 6.44. The maximum atomic E-state index is 9.40. The standard InChI is InChI=1S/C16H12N4S/c17-9-14-15(13-7-4-8-18-10-13)19-20-16(14)21-11-12-5-2-1-3-6-12/h1-8,10H,11H2,(H,19,20). The summed E-state index contributed by atoms with van der Waals surface area (Å²) in [5.74, 6) is 0.785. The van der Waals surface area contributed by atoms with Crippen molar-refractivity contribution in [3.05, 3.63) is 66.0 Å². The lowest BCUT2D eigenvalue weighted by atomic mass is 10.1. The molecule has 0 unspecified atom stereocenters. The van der Waals surface area contributed by atoms with Crippen LogP contribution in [-0.4, -0.2) is 15.2 Å². The minimum atomic E-state index is 0.573. The van der Waals surface area contributed by atoms with Gasteiger partial charge in [-0.1, -0.05) is 42.1 Å². The van der Waals surface area contributed by atoms with Crippen molar-refractivity contribution in [1.29, 1.82) is 5.26 Å². The molecule has 0 saturated carbocycles. The summed E-state index contributed by atoms with van der Waals surface area (Å²) in [4.78, 5) is 4.08. The van der Waals surface area contributed by atoms with Crippen molar-refractivity contribution in [2.24, 2.45) is 0 Å². The third-order valence-electron chi connectivity index (χ3n) is 3.01. The topological polar surface area (TPSA) is 65.4 Å². The number of hydrogen-bond donors (Lipinski definition) is 1. The molecule has 102 valence electrons. The van der Waals surface area contributed by atoms with E-state index in [1.807, 2.05) is 30.3 Å². The van der Waals surface area contributed by atoms with E-state index in [2.05, 4.69) is 33.4 Å². The summed E-state index contributed by atoms with van der Waals surface area (Å²) >= 11 is 1.55. The van der Waals surface area contributed by atoms with Crippen LogP contribution in [0.1, 0.15) is 11.1 Å². The Bertz CT molecular complexity index is 760. The lowest BCUT2D eigenvalue weighted by Crippen LogP contribution is -1.84. The highest BCUT2D eigenvalue weighted by atomic mass is 32.2. The van der Waals surface area contributed by atoms with Crippen molar-refractivity contribution in [3.63, 3.8) is 0 Å². The van der Waals surface area contributed by atoms with E-state index in [1.165, 1.54) is 5.56 Å². The molecule has 0 fully saturated rings. The Morgan fingerprint density at radius 3 is 2.71 bits per heavy atom. The van der Waals surface area contributed by atoms with Gasteiger partial charge in [0.05, 0.1) is 5.69 Å². The van der Waals surface area contributed by atoms with Gasteiger partial charge in [-0.2, -0.15) is 10.4 Å². The van der Waals surface area contributed by atoms with Crippen molar-refractivity contribution in [2.75, 3.05) is 0 Å². The van der Waals surface area contributed by atoms with Crippen molar-refractivity contribution < 1.29 is 0 Å². The maximum Gasteiger partial charge on any atom is 0.137 e. The fraction of sp³-hybridized carbons (Fsp3) is 0.0625. The number of aromatic amines is 1. The third kappa shape index (κ3) is 2.96. The smallest absolute Gasteiger partial charge is 0.137 e. The lowest BCUT2D eigenvalue weighted by Gasteiger charge is -1.99. The zero-order chi connectivity index (χ0) is 14.5. The highest BCUT2D eigenvalue weighted by Gasteiger charge is 2.15. The number of thioether (sulfide) groups is 1. The summed E-state index contributed by atoms with van der Waals surface area (Å²) in [6.45, 7) is 0. The molecule has 1 N–H and O–H groups in total. The second kappa shape index (κ2) is 6.25. The molecule has 0 aliphatic rings. The Hall–Kier alpha value is -2.58. The number of benzene rings is 1. The molecule has 0 bridgehead atoms. The van der Waals surface area contributed by atoms with Crippen LogP contribution in [0.2, 0.25) is 0 Å². The molecule has 2 aromatic heterocycles. The van der Waals surface area contributed by atoms with Crippen molar-refractivity contribution in [3.8, 4) is 17.3 Å². The first-order valence-corrected chi connectivity index (χ1v) is 7.42. The largest absolute Gasteiger partial charge is 0.275 e. The minimum Gasteiger partial charge on any atom is -0.275 e. The van der Waals surface area contributed by atoms with Crippen LogP contribution in [0.3, 0.4) is 0 Å². The normalized spacial score (nSPS) is 10.2. The van der Waals surface area contributed by atoms with Gasteiger partial charge in [-0.05, 0) is 17.7 Å². The summed E-state index contributed by atoms with van der Waals surface area (Å²) < 4.78 is 0. The second-order valence-electron chi connectivity index (χ2n) is 4.41. The number of nitrogens with one attached hydrogen (secondary N) is 1. The second-order valence-corrected chi connectivity index (χ2v) is 5.37. The van der Waals surface area contributed by atoms with Crippen molar-refractivity contribution >= 4 is 11.8 Å². The van der Waals surface area contributed by atoms with Gasteiger partial charge in [0, 0.05) is 23.7 Å². The van der Waals surface area contributed by atoms with Gasteiger partial charge in [-0.15, -0.1) is 0 Å². The number of pyridine rings is 1. The van der Waals surface area contributed by atoms with Gasteiger partial charge in [0.15, 0.2) is 0 Å². The molecule has 0 aliphatic carbocycles. The number of aromatic nitrogens is 3. The molecule has 0 amide bonds. The molecule has 0 radical (unpaired) electrons. The average Bonchev–Trinajstić information content (AvgIpc) is 2.97. The third-order valence-corrected chi connectivity index (χ3v) is 4.06. The number of hydrogen-bond acceptors (Lipinski definition) is 4. The molecule has 5 heteroatoms. The Morgan fingerprint density at radius 1 is 1.14 bits per heavy atom. The van der Waals surface area contributed by atoms with E-state index < -0.39 is 0 Å². The van der Waals surface area contributed by atoms with Gasteiger partial charge in [0.1, 0.15) is 16.7 Å². The molecule has 0 spiro atoms. The van der Waals surface area contributed by atoms with E-state index >= 15 is 0 Å². The summed E-state index contributed by atoms with van der Waals surface area (Å²) in [7, 11) is 0. The molecule has 21 heavy (non-hydrogen) atoms. The number of H-pyrrole nitrogens is 1. The van der Waals surface area contributed by atoms with E-state index in [-0.39, 0.29) is 0 Å². The van der Waals surface area contributed by atoms with E-state index in [0.29, 0.717) is 5.56 Å². The molecule has 0 atom stereocenters. The SMILES string of the molecule is N#Cc1c(SCc2ccccc2)n[nH]c1-c1cccnc1. The first-order chi connectivity index (χ1) is 10.4. The van der Waals surface area contributed by atoms with E-state index in [1.54, 1.807) is 24.2 Å². The Labute approximate surface area is 126 Å².